The molecule has 1 aliphatic rings. The van der Waals surface area contributed by atoms with Crippen molar-refractivity contribution in [1.29, 1.82) is 0 Å². The van der Waals surface area contributed by atoms with E-state index in [0.717, 1.165) is 0 Å². The zero-order chi connectivity index (χ0) is 5.44. The molecule has 0 bridgehead atoms. The van der Waals surface area contributed by atoms with Gasteiger partial charge in [-0.1, -0.05) is 6.08 Å². The van der Waals surface area contributed by atoms with Crippen molar-refractivity contribution in [1.82, 2.24) is 0 Å². The molecule has 2 heteroatoms. The maximum Gasteiger partial charge on any atom is 0.159 e. The molecule has 7 heavy (non-hydrogen) atoms. The summed E-state index contributed by atoms with van der Waals surface area (Å²) in [4.78, 5) is 10.3. The van der Waals surface area contributed by atoms with Crippen molar-refractivity contribution in [3.63, 3.8) is 0 Å². The minimum absolute atomic E-state index is 0.0278. The fourth-order valence-corrected chi connectivity index (χ4v) is 0.542. The summed E-state index contributed by atoms with van der Waals surface area (Å²) in [5, 5.41) is 0. The highest BCUT2D eigenvalue weighted by atomic mass is 16.1. The molecule has 0 aromatic heterocycles. The molecule has 1 fully saturated rings. The van der Waals surface area contributed by atoms with Gasteiger partial charge in [-0.3, -0.25) is 4.79 Å². The Morgan fingerprint density at radius 2 is 2.29 bits per heavy atom. The Bertz CT molecular complexity index is 119. The Balaban J connectivity index is 2.53. The summed E-state index contributed by atoms with van der Waals surface area (Å²) in [5.74, 6) is 0.0926. The van der Waals surface area contributed by atoms with Gasteiger partial charge in [0, 0.05) is 0 Å². The van der Waals surface area contributed by atoms with Crippen LogP contribution in [0.15, 0.2) is 12.7 Å². The van der Waals surface area contributed by atoms with E-state index in [1.54, 1.807) is 6.08 Å². The largest absolute Gasteiger partial charge is 0.321 e. The molecule has 2 nitrogen and oxygen atoms in total. The lowest BCUT2D eigenvalue weighted by atomic mass is 10.4. The first-order chi connectivity index (χ1) is 3.27. The second-order valence-electron chi connectivity index (χ2n) is 1.69. The number of Topliss-reactive ketones (excluding diaryl/α,β-unsaturated/α-hetero) is 1. The lowest BCUT2D eigenvalue weighted by Crippen LogP contribution is -2.01. The zero-order valence-electron chi connectivity index (χ0n) is 3.92. The van der Waals surface area contributed by atoms with E-state index in [9.17, 15) is 4.79 Å². The van der Waals surface area contributed by atoms with E-state index >= 15 is 0 Å². The third-order valence-corrected chi connectivity index (χ3v) is 1.19. The van der Waals surface area contributed by atoms with Gasteiger partial charge in [-0.2, -0.15) is 0 Å². The summed E-state index contributed by atoms with van der Waals surface area (Å²) in [6, 6.07) is -0.225. The third-order valence-electron chi connectivity index (χ3n) is 1.19. The van der Waals surface area contributed by atoms with Gasteiger partial charge < -0.3 is 5.73 Å². The summed E-state index contributed by atoms with van der Waals surface area (Å²) in [7, 11) is 0. The first kappa shape index (κ1) is 4.53. The molecule has 1 saturated carbocycles. The van der Waals surface area contributed by atoms with Crippen LogP contribution in [0.1, 0.15) is 0 Å². The number of nitrogens with two attached hydrogens (primary N) is 1. The first-order valence-corrected chi connectivity index (χ1v) is 2.19. The summed E-state index contributed by atoms with van der Waals surface area (Å²) in [6.45, 7) is 3.42. The van der Waals surface area contributed by atoms with Crippen LogP contribution in [0.3, 0.4) is 0 Å². The molecule has 1 rings (SSSR count). The molecule has 2 atom stereocenters. The number of ketones is 1. The van der Waals surface area contributed by atoms with Gasteiger partial charge in [0.05, 0.1) is 12.0 Å². The highest BCUT2D eigenvalue weighted by Gasteiger charge is 2.43. The molecule has 0 aromatic carbocycles. The number of rotatable bonds is 1. The monoisotopic (exact) mass is 97.1 g/mol. The predicted octanol–water partition coefficient (Wildman–Crippen LogP) is -0.301. The molecule has 0 heterocycles. The summed E-state index contributed by atoms with van der Waals surface area (Å²) in [5.41, 5.74) is 5.20. The van der Waals surface area contributed by atoms with E-state index < -0.39 is 0 Å². The van der Waals surface area contributed by atoms with E-state index in [-0.39, 0.29) is 17.7 Å². The summed E-state index contributed by atoms with van der Waals surface area (Å²) < 4.78 is 0. The first-order valence-electron chi connectivity index (χ1n) is 2.19. The Labute approximate surface area is 42.0 Å². The molecular weight excluding hydrogens is 90.1 g/mol. The van der Waals surface area contributed by atoms with E-state index in [1.165, 1.54) is 0 Å². The Kier molecular flexibility index (Phi) is 0.755. The third kappa shape index (κ3) is 0.472. The number of hydrogen-bond acceptors (Lipinski definition) is 2. The highest BCUT2D eigenvalue weighted by molar-refractivity contribution is 6.04. The summed E-state index contributed by atoms with van der Waals surface area (Å²) >= 11 is 0. The van der Waals surface area contributed by atoms with Crippen molar-refractivity contribution in [2.24, 2.45) is 11.7 Å². The molecule has 0 aromatic rings. The SMILES string of the molecule is C=CC1C(=O)C1N. The Hall–Kier alpha value is -0.630. The van der Waals surface area contributed by atoms with Gasteiger partial charge in [0.25, 0.3) is 0 Å². The van der Waals surface area contributed by atoms with Crippen LogP contribution >= 0.6 is 0 Å². The van der Waals surface area contributed by atoms with Gasteiger partial charge in [-0.05, 0) is 0 Å². The Morgan fingerprint density at radius 3 is 2.29 bits per heavy atom. The molecule has 2 unspecified atom stereocenters. The molecule has 0 aliphatic heterocycles. The summed E-state index contributed by atoms with van der Waals surface area (Å²) in [6.07, 6.45) is 1.59. The maximum absolute atomic E-state index is 10.3. The van der Waals surface area contributed by atoms with Crippen molar-refractivity contribution < 1.29 is 4.79 Å². The van der Waals surface area contributed by atoms with Gasteiger partial charge in [0.1, 0.15) is 0 Å². The predicted molar refractivity (Wildman–Crippen MR) is 26.7 cm³/mol. The van der Waals surface area contributed by atoms with E-state index in [4.69, 9.17) is 5.73 Å². The van der Waals surface area contributed by atoms with Gasteiger partial charge in [0.15, 0.2) is 5.78 Å². The molecule has 0 amide bonds. The van der Waals surface area contributed by atoms with Crippen molar-refractivity contribution in [3.05, 3.63) is 12.7 Å². The quantitative estimate of drug-likeness (QED) is 0.456. The highest BCUT2D eigenvalue weighted by Crippen LogP contribution is 2.22. The number of carbonyl (C=O) groups excluding carboxylic acids is 1. The fourth-order valence-electron chi connectivity index (χ4n) is 0.542. The van der Waals surface area contributed by atoms with Crippen LogP contribution < -0.4 is 5.73 Å². The normalized spacial score (nSPS) is 38.1. The number of carbonyl (C=O) groups is 1. The smallest absolute Gasteiger partial charge is 0.159 e. The standard InChI is InChI=1S/C5H7NO/c1-2-3-4(6)5(3)7/h2-4H,1,6H2. The molecular formula is C5H7NO. The van der Waals surface area contributed by atoms with Gasteiger partial charge in [0.2, 0.25) is 0 Å². The van der Waals surface area contributed by atoms with Crippen molar-refractivity contribution >= 4 is 5.78 Å². The molecule has 0 saturated heterocycles. The molecule has 0 radical (unpaired) electrons. The molecule has 2 N–H and O–H groups in total. The topological polar surface area (TPSA) is 43.1 Å². The minimum atomic E-state index is -0.225. The zero-order valence-corrected chi connectivity index (χ0v) is 3.92. The van der Waals surface area contributed by atoms with Gasteiger partial charge in [-0.15, -0.1) is 6.58 Å². The van der Waals surface area contributed by atoms with Crippen molar-refractivity contribution in [2.75, 3.05) is 0 Å². The van der Waals surface area contributed by atoms with Crippen molar-refractivity contribution in [2.45, 2.75) is 6.04 Å². The van der Waals surface area contributed by atoms with Crippen LogP contribution in [0, 0.1) is 5.92 Å². The number of hydrogen-bond donors (Lipinski definition) is 1. The molecule has 1 aliphatic carbocycles. The van der Waals surface area contributed by atoms with Crippen LogP contribution in [-0.4, -0.2) is 11.8 Å². The average molecular weight is 97.1 g/mol. The molecule has 0 spiro atoms. The van der Waals surface area contributed by atoms with Gasteiger partial charge >= 0.3 is 0 Å². The van der Waals surface area contributed by atoms with E-state index in [1.807, 2.05) is 0 Å². The van der Waals surface area contributed by atoms with Crippen LogP contribution in [0.4, 0.5) is 0 Å². The second kappa shape index (κ2) is 1.17. The van der Waals surface area contributed by atoms with Crippen molar-refractivity contribution in [3.8, 4) is 0 Å². The van der Waals surface area contributed by atoms with E-state index in [2.05, 4.69) is 6.58 Å². The second-order valence-corrected chi connectivity index (χ2v) is 1.69. The minimum Gasteiger partial charge on any atom is -0.321 e. The van der Waals surface area contributed by atoms with Gasteiger partial charge in [-0.25, -0.2) is 0 Å². The fraction of sp³-hybridized carbons (Fsp3) is 0.400. The van der Waals surface area contributed by atoms with Crippen LogP contribution in [0.5, 0.6) is 0 Å². The average Bonchev–Trinajstić information content (AvgIpc) is 2.17. The van der Waals surface area contributed by atoms with Crippen LogP contribution in [0.25, 0.3) is 0 Å². The lowest BCUT2D eigenvalue weighted by Gasteiger charge is -1.69. The Morgan fingerprint density at radius 1 is 1.86 bits per heavy atom. The maximum atomic E-state index is 10.3. The molecule has 38 valence electrons. The van der Waals surface area contributed by atoms with Crippen LogP contribution in [0.2, 0.25) is 0 Å². The lowest BCUT2D eigenvalue weighted by molar-refractivity contribution is -0.111. The van der Waals surface area contributed by atoms with E-state index in [0.29, 0.717) is 0 Å². The van der Waals surface area contributed by atoms with Crippen LogP contribution in [-0.2, 0) is 4.79 Å².